The van der Waals surface area contributed by atoms with E-state index in [1.807, 2.05) is 0 Å². The van der Waals surface area contributed by atoms with Crippen LogP contribution in [-0.4, -0.2) is 17.6 Å². The number of hydrogen-bond donors (Lipinski definition) is 0. The van der Waals surface area contributed by atoms with Crippen LogP contribution in [0.1, 0.15) is 48.0 Å². The molecule has 0 saturated heterocycles. The molecule has 1 aliphatic rings. The average Bonchev–Trinajstić information content (AvgIpc) is 2.45. The first-order valence-electron chi connectivity index (χ1n) is 7.07. The van der Waals surface area contributed by atoms with E-state index in [9.17, 15) is 10.2 Å². The zero-order valence-electron chi connectivity index (χ0n) is 15.1. The molecule has 0 spiro atoms. The van der Waals surface area contributed by atoms with Gasteiger partial charge in [-0.3, -0.25) is 0 Å². The van der Waals surface area contributed by atoms with Crippen molar-refractivity contribution in [2.24, 2.45) is 0 Å². The van der Waals surface area contributed by atoms with Gasteiger partial charge in [0, 0.05) is 0 Å². The van der Waals surface area contributed by atoms with Gasteiger partial charge in [-0.05, 0) is 0 Å². The van der Waals surface area contributed by atoms with Gasteiger partial charge in [0.25, 0.3) is 0 Å². The molecule has 0 N–H and O–H groups in total. The topological polar surface area (TPSA) is 46.1 Å². The van der Waals surface area contributed by atoms with E-state index >= 15 is 0 Å². The van der Waals surface area contributed by atoms with Crippen molar-refractivity contribution in [3.63, 3.8) is 0 Å². The van der Waals surface area contributed by atoms with E-state index in [0.717, 1.165) is 0 Å². The monoisotopic (exact) mass is 370 g/mol. The fraction of sp³-hybridized carbons (Fsp3) is 0.750. The maximum atomic E-state index is 10.1. The summed E-state index contributed by atoms with van der Waals surface area (Å²) in [6.45, 7) is 17.2. The number of allylic oxidation sites excluding steroid dienone is 4. The second-order valence-corrected chi connectivity index (χ2v) is 20.6. The molecular formula is C16H32ClO2SiV. The number of halogens is 1. The van der Waals surface area contributed by atoms with Crippen LogP contribution in [0.3, 0.4) is 0 Å². The van der Waals surface area contributed by atoms with Crippen molar-refractivity contribution in [2.75, 3.05) is 0 Å². The molecule has 0 atom stereocenters. The molecule has 0 heterocycles. The van der Waals surface area contributed by atoms with Crippen LogP contribution >= 0.6 is 0 Å². The molecule has 1 rings (SSSR count). The summed E-state index contributed by atoms with van der Waals surface area (Å²) in [7, 11) is 0. The summed E-state index contributed by atoms with van der Waals surface area (Å²) in [6, 6.07) is 0. The van der Waals surface area contributed by atoms with E-state index < -0.39 is 17.6 Å². The van der Waals surface area contributed by atoms with Crippen molar-refractivity contribution in [1.29, 1.82) is 0 Å². The van der Waals surface area contributed by atoms with Crippen molar-refractivity contribution < 1.29 is 38.2 Å². The van der Waals surface area contributed by atoms with E-state index in [4.69, 9.17) is 0 Å². The molecule has 0 aromatic heterocycles. The second-order valence-electron chi connectivity index (χ2n) is 7.80. The van der Waals surface area contributed by atoms with Crippen LogP contribution in [0.15, 0.2) is 22.5 Å². The van der Waals surface area contributed by atoms with Crippen LogP contribution in [0.2, 0.25) is 19.6 Å². The minimum atomic E-state index is -0.750. The van der Waals surface area contributed by atoms with Crippen LogP contribution in [0, 0.1) is 0 Å². The van der Waals surface area contributed by atoms with Crippen molar-refractivity contribution in [1.82, 2.24) is 0 Å². The minimum Gasteiger partial charge on any atom is -1.00 e. The van der Waals surface area contributed by atoms with E-state index in [1.165, 1.54) is 6.42 Å². The van der Waals surface area contributed by atoms with Gasteiger partial charge in [0.1, 0.15) is 0 Å². The van der Waals surface area contributed by atoms with Crippen LogP contribution in [0.5, 0.6) is 0 Å². The van der Waals surface area contributed by atoms with Gasteiger partial charge in [-0.1, -0.05) is 41.5 Å². The van der Waals surface area contributed by atoms with Crippen molar-refractivity contribution in [3.05, 3.63) is 22.5 Å². The molecule has 0 aromatic carbocycles. The van der Waals surface area contributed by atoms with Crippen LogP contribution in [0.4, 0.5) is 0 Å². The third-order valence-electron chi connectivity index (χ3n) is 1.23. The Labute approximate surface area is 145 Å². The van der Waals surface area contributed by atoms with E-state index in [0.29, 0.717) is 15.6 Å². The zero-order valence-corrected chi connectivity index (χ0v) is 18.2. The maximum absolute atomic E-state index is 10.1. The molecule has 0 aliphatic heterocycles. The van der Waals surface area contributed by atoms with Gasteiger partial charge >= 0.3 is 70.6 Å². The summed E-state index contributed by atoms with van der Waals surface area (Å²) in [5, 5.41) is 20.2. The normalized spacial score (nSPS) is 13.8. The molecule has 2 nitrogen and oxygen atoms in total. The second kappa shape index (κ2) is 11.1. The largest absolute Gasteiger partial charge is 1.00 e. The Morgan fingerprint density at radius 3 is 1.48 bits per heavy atom. The van der Waals surface area contributed by atoms with Gasteiger partial charge < -0.3 is 22.6 Å². The van der Waals surface area contributed by atoms with Crippen molar-refractivity contribution in [2.45, 2.75) is 78.8 Å². The molecule has 0 amide bonds. The summed E-state index contributed by atoms with van der Waals surface area (Å²) >= 11 is 0.557. The smallest absolute Gasteiger partial charge is 1.00 e. The first-order valence-corrected chi connectivity index (χ1v) is 13.3. The fourth-order valence-electron chi connectivity index (χ4n) is 0.950. The standard InChI is InChI=1S/C5H5.2C4H9O.C3H9Si.ClH.V/c1-2-4-5-3-1;2*1-4(2,3)5;1-4(2)3;;/h1-3H,4H2;2*1-3H3;1-3H3;1H;/q;2*-1;;;+3/p-1. The third kappa shape index (κ3) is 44.9. The Morgan fingerprint density at radius 2 is 1.29 bits per heavy atom. The zero-order chi connectivity index (χ0) is 16.6. The first kappa shape index (κ1) is 26.4. The van der Waals surface area contributed by atoms with Crippen molar-refractivity contribution >= 4 is 6.45 Å². The minimum absolute atomic E-state index is 0. The molecule has 0 saturated carbocycles. The van der Waals surface area contributed by atoms with Gasteiger partial charge in [0.05, 0.1) is 0 Å². The van der Waals surface area contributed by atoms with Crippen LogP contribution in [-0.2, 0) is 15.6 Å². The van der Waals surface area contributed by atoms with Gasteiger partial charge in [-0.15, -0.1) is 11.2 Å². The van der Waals surface area contributed by atoms with Gasteiger partial charge in [0.2, 0.25) is 0 Å². The number of rotatable bonds is 2. The Bertz CT molecular complexity index is 297. The Morgan fingerprint density at radius 1 is 0.952 bits per heavy atom. The summed E-state index contributed by atoms with van der Waals surface area (Å²) in [4.78, 5) is 0. The Kier molecular flexibility index (Phi) is 13.9. The first-order chi connectivity index (χ1) is 8.58. The SMILES string of the molecule is CC(C)(C)[O-].CC(C)(C)[O-].C[Si](C)(C)[V+3][C]1=CC=CC1.[Cl-]. The molecule has 0 fully saturated rings. The summed E-state index contributed by atoms with van der Waals surface area (Å²) < 4.78 is 1.73. The molecule has 0 aromatic rings. The molecule has 124 valence electrons. The van der Waals surface area contributed by atoms with Gasteiger partial charge in [0.15, 0.2) is 0 Å². The molecule has 1 aliphatic carbocycles. The summed E-state index contributed by atoms with van der Waals surface area (Å²) in [5.41, 5.74) is -1.50. The Hall–Kier alpha value is 0.491. The van der Waals surface area contributed by atoms with Crippen molar-refractivity contribution in [3.8, 4) is 0 Å². The van der Waals surface area contributed by atoms with Gasteiger partial charge in [-0.25, -0.2) is 0 Å². The maximum Gasteiger partial charge on any atom is -1.00 e. The molecular weight excluding hydrogens is 339 g/mol. The van der Waals surface area contributed by atoms with Crippen LogP contribution in [0.25, 0.3) is 0 Å². The summed E-state index contributed by atoms with van der Waals surface area (Å²) in [6.07, 6.45) is 7.30. The molecule has 5 heteroatoms. The summed E-state index contributed by atoms with van der Waals surface area (Å²) in [5.74, 6) is 0. The average molecular weight is 371 g/mol. The predicted molar refractivity (Wildman–Crippen MR) is 84.7 cm³/mol. The molecule has 0 bridgehead atoms. The number of hydrogen-bond acceptors (Lipinski definition) is 2. The predicted octanol–water partition coefficient (Wildman–Crippen LogP) is 0.0420. The fourth-order valence-corrected chi connectivity index (χ4v) is 7.09. The molecule has 21 heavy (non-hydrogen) atoms. The quantitative estimate of drug-likeness (QED) is 0.644. The molecule has 0 radical (unpaired) electrons. The third-order valence-corrected chi connectivity index (χ3v) is 7.19. The Balaban J connectivity index is -0.000000254. The van der Waals surface area contributed by atoms with Gasteiger partial charge in [-0.2, -0.15) is 0 Å². The van der Waals surface area contributed by atoms with E-state index in [1.54, 1.807) is 45.8 Å². The molecule has 0 unspecified atom stereocenters. The van der Waals surface area contributed by atoms with Crippen LogP contribution < -0.4 is 22.6 Å². The van der Waals surface area contributed by atoms with E-state index in [2.05, 4.69) is 37.9 Å². The van der Waals surface area contributed by atoms with E-state index in [-0.39, 0.29) is 12.4 Å².